The smallest absolute Gasteiger partial charge is 0.137 e. The van der Waals surface area contributed by atoms with Crippen LogP contribution in [-0.4, -0.2) is 32.3 Å². The van der Waals surface area contributed by atoms with Gasteiger partial charge in [-0.3, -0.25) is 0 Å². The first-order valence-corrected chi connectivity index (χ1v) is 6.74. The van der Waals surface area contributed by atoms with Crippen molar-refractivity contribution in [1.29, 1.82) is 0 Å². The topological polar surface area (TPSA) is 24.5 Å². The lowest BCUT2D eigenvalue weighted by Crippen LogP contribution is -2.48. The van der Waals surface area contributed by atoms with Crippen LogP contribution in [-0.2, 0) is 0 Å². The molecule has 0 aliphatic carbocycles. The maximum absolute atomic E-state index is 6.22. The molecule has 0 atom stereocenters. The lowest BCUT2D eigenvalue weighted by Gasteiger charge is -2.39. The molecule has 1 fully saturated rings. The standard InChI is InChI=1S/C14H21ClN2O/c1-14(2)10-16-7-4-8-17(14)11-5-6-13(18-3)12(15)9-11/h5-6,9,16H,4,7-8,10H2,1-3H3. The molecule has 1 aromatic carbocycles. The van der Waals surface area contributed by atoms with Crippen LogP contribution in [0.25, 0.3) is 0 Å². The Balaban J connectivity index is 2.31. The first-order valence-electron chi connectivity index (χ1n) is 6.36. The van der Waals surface area contributed by atoms with Gasteiger partial charge in [-0.1, -0.05) is 11.6 Å². The number of hydrogen-bond acceptors (Lipinski definition) is 3. The zero-order valence-corrected chi connectivity index (χ0v) is 12.0. The molecule has 0 bridgehead atoms. The Bertz CT molecular complexity index is 420. The zero-order valence-electron chi connectivity index (χ0n) is 11.3. The second-order valence-electron chi connectivity index (χ2n) is 5.31. The summed E-state index contributed by atoms with van der Waals surface area (Å²) in [6.45, 7) is 7.61. The lowest BCUT2D eigenvalue weighted by molar-refractivity contribution is 0.414. The first kappa shape index (κ1) is 13.5. The van der Waals surface area contributed by atoms with Gasteiger partial charge in [0.05, 0.1) is 12.1 Å². The van der Waals surface area contributed by atoms with E-state index in [2.05, 4.69) is 30.1 Å². The van der Waals surface area contributed by atoms with E-state index in [1.54, 1.807) is 7.11 Å². The van der Waals surface area contributed by atoms with E-state index in [-0.39, 0.29) is 5.54 Å². The third-order valence-corrected chi connectivity index (χ3v) is 3.77. The average Bonchev–Trinajstić information content (AvgIpc) is 2.50. The van der Waals surface area contributed by atoms with Crippen LogP contribution in [0.3, 0.4) is 0 Å². The molecule has 2 rings (SSSR count). The molecule has 18 heavy (non-hydrogen) atoms. The highest BCUT2D eigenvalue weighted by Gasteiger charge is 2.28. The molecule has 0 unspecified atom stereocenters. The molecule has 1 N–H and O–H groups in total. The number of nitrogens with zero attached hydrogens (tertiary/aromatic N) is 1. The van der Waals surface area contributed by atoms with E-state index in [0.717, 1.165) is 37.5 Å². The summed E-state index contributed by atoms with van der Waals surface area (Å²) in [5, 5.41) is 4.14. The minimum Gasteiger partial charge on any atom is -0.495 e. The van der Waals surface area contributed by atoms with Crippen LogP contribution in [0.4, 0.5) is 5.69 Å². The highest BCUT2D eigenvalue weighted by Crippen LogP contribution is 2.32. The summed E-state index contributed by atoms with van der Waals surface area (Å²) >= 11 is 6.22. The minimum atomic E-state index is 0.0917. The van der Waals surface area contributed by atoms with E-state index in [9.17, 15) is 0 Å². The monoisotopic (exact) mass is 268 g/mol. The van der Waals surface area contributed by atoms with Crippen molar-refractivity contribution in [2.24, 2.45) is 0 Å². The Morgan fingerprint density at radius 1 is 1.39 bits per heavy atom. The Kier molecular flexibility index (Phi) is 4.03. The van der Waals surface area contributed by atoms with Crippen LogP contribution in [0.5, 0.6) is 5.75 Å². The number of hydrogen-bond donors (Lipinski definition) is 1. The van der Waals surface area contributed by atoms with Crippen molar-refractivity contribution in [2.75, 3.05) is 31.6 Å². The van der Waals surface area contributed by atoms with Crippen molar-refractivity contribution < 1.29 is 4.74 Å². The number of benzene rings is 1. The summed E-state index contributed by atoms with van der Waals surface area (Å²) in [5.74, 6) is 0.728. The molecule has 0 radical (unpaired) electrons. The van der Waals surface area contributed by atoms with Gasteiger partial charge in [0.25, 0.3) is 0 Å². The number of nitrogens with one attached hydrogen (secondary N) is 1. The summed E-state index contributed by atoms with van der Waals surface area (Å²) in [6.07, 6.45) is 1.15. The van der Waals surface area contributed by atoms with Gasteiger partial charge >= 0.3 is 0 Å². The van der Waals surface area contributed by atoms with Crippen molar-refractivity contribution in [3.8, 4) is 5.75 Å². The first-order chi connectivity index (χ1) is 8.54. The van der Waals surface area contributed by atoms with E-state index in [4.69, 9.17) is 16.3 Å². The predicted octanol–water partition coefficient (Wildman–Crippen LogP) is 2.93. The predicted molar refractivity (Wildman–Crippen MR) is 76.9 cm³/mol. The van der Waals surface area contributed by atoms with Crippen LogP contribution in [0.1, 0.15) is 20.3 Å². The molecule has 1 saturated heterocycles. The minimum absolute atomic E-state index is 0.0917. The summed E-state index contributed by atoms with van der Waals surface area (Å²) in [7, 11) is 1.64. The Labute approximate surface area is 114 Å². The molecule has 100 valence electrons. The summed E-state index contributed by atoms with van der Waals surface area (Å²) in [5.41, 5.74) is 1.25. The molecular formula is C14H21ClN2O. The zero-order chi connectivity index (χ0) is 13.2. The molecule has 0 spiro atoms. The molecule has 1 aromatic rings. The lowest BCUT2D eigenvalue weighted by atomic mass is 10.0. The largest absolute Gasteiger partial charge is 0.495 e. The fraction of sp³-hybridized carbons (Fsp3) is 0.571. The van der Waals surface area contributed by atoms with E-state index in [1.807, 2.05) is 12.1 Å². The number of methoxy groups -OCH3 is 1. The Hall–Kier alpha value is -0.930. The summed E-state index contributed by atoms with van der Waals surface area (Å²) in [6, 6.07) is 6.01. The van der Waals surface area contributed by atoms with E-state index in [1.165, 1.54) is 0 Å². The van der Waals surface area contributed by atoms with Gasteiger partial charge in [0, 0.05) is 24.3 Å². The maximum Gasteiger partial charge on any atom is 0.137 e. The fourth-order valence-corrected chi connectivity index (χ4v) is 2.71. The van der Waals surface area contributed by atoms with Gasteiger partial charge in [-0.25, -0.2) is 0 Å². The van der Waals surface area contributed by atoms with Crippen LogP contribution < -0.4 is 15.0 Å². The highest BCUT2D eigenvalue weighted by atomic mass is 35.5. The van der Waals surface area contributed by atoms with Gasteiger partial charge in [-0.2, -0.15) is 0 Å². The van der Waals surface area contributed by atoms with Gasteiger partial charge in [0.2, 0.25) is 0 Å². The second-order valence-corrected chi connectivity index (χ2v) is 5.72. The van der Waals surface area contributed by atoms with Crippen LogP contribution in [0.15, 0.2) is 18.2 Å². The normalized spacial score (nSPS) is 19.4. The Morgan fingerprint density at radius 3 is 2.83 bits per heavy atom. The summed E-state index contributed by atoms with van der Waals surface area (Å²) < 4.78 is 5.20. The highest BCUT2D eigenvalue weighted by molar-refractivity contribution is 6.32. The van der Waals surface area contributed by atoms with Crippen LogP contribution >= 0.6 is 11.6 Å². The van der Waals surface area contributed by atoms with Gasteiger partial charge in [0.15, 0.2) is 0 Å². The van der Waals surface area contributed by atoms with Gasteiger partial charge in [0.1, 0.15) is 5.75 Å². The Morgan fingerprint density at radius 2 is 2.17 bits per heavy atom. The maximum atomic E-state index is 6.22. The molecule has 1 aliphatic heterocycles. The van der Waals surface area contributed by atoms with Crippen molar-refractivity contribution in [3.63, 3.8) is 0 Å². The van der Waals surface area contributed by atoms with Crippen LogP contribution in [0.2, 0.25) is 5.02 Å². The van der Waals surface area contributed by atoms with Gasteiger partial charge in [-0.15, -0.1) is 0 Å². The van der Waals surface area contributed by atoms with Crippen molar-refractivity contribution in [3.05, 3.63) is 23.2 Å². The molecule has 4 heteroatoms. The SMILES string of the molecule is COc1ccc(N2CCCNCC2(C)C)cc1Cl. The quantitative estimate of drug-likeness (QED) is 0.893. The van der Waals surface area contributed by atoms with E-state index >= 15 is 0 Å². The molecule has 1 heterocycles. The van der Waals surface area contributed by atoms with Crippen molar-refractivity contribution in [2.45, 2.75) is 25.8 Å². The van der Waals surface area contributed by atoms with Gasteiger partial charge < -0.3 is 15.0 Å². The van der Waals surface area contributed by atoms with Crippen LogP contribution in [0, 0.1) is 0 Å². The van der Waals surface area contributed by atoms with Crippen molar-refractivity contribution >= 4 is 17.3 Å². The van der Waals surface area contributed by atoms with E-state index in [0.29, 0.717) is 5.02 Å². The molecule has 0 amide bonds. The molecule has 3 nitrogen and oxygen atoms in total. The molecule has 1 aliphatic rings. The third kappa shape index (κ3) is 2.73. The summed E-state index contributed by atoms with van der Waals surface area (Å²) in [4.78, 5) is 2.42. The fourth-order valence-electron chi connectivity index (χ4n) is 2.46. The molecule has 0 saturated carbocycles. The van der Waals surface area contributed by atoms with Crippen molar-refractivity contribution in [1.82, 2.24) is 5.32 Å². The molecular weight excluding hydrogens is 248 g/mol. The number of ether oxygens (including phenoxy) is 1. The van der Waals surface area contributed by atoms with Gasteiger partial charge in [-0.05, 0) is 45.0 Å². The average molecular weight is 269 g/mol. The number of rotatable bonds is 2. The second kappa shape index (κ2) is 5.37. The van der Waals surface area contributed by atoms with E-state index < -0.39 is 0 Å². The number of anilines is 1. The third-order valence-electron chi connectivity index (χ3n) is 3.47. The molecule has 0 aromatic heterocycles. The number of halogens is 1.